The maximum absolute atomic E-state index is 10.6. The maximum atomic E-state index is 10.6. The first-order valence-corrected chi connectivity index (χ1v) is 35.6. The first-order valence-electron chi connectivity index (χ1n) is 33.9. The third-order valence-corrected chi connectivity index (χ3v) is 22.2. The highest BCUT2D eigenvalue weighted by atomic mass is 32.1. The molecule has 0 spiro atoms. The lowest BCUT2D eigenvalue weighted by atomic mass is 9.93. The van der Waals surface area contributed by atoms with Crippen LogP contribution in [0.2, 0.25) is 0 Å². The second kappa shape index (κ2) is 28.5. The van der Waals surface area contributed by atoms with Gasteiger partial charge in [-0.25, -0.2) is 0 Å². The first-order chi connectivity index (χ1) is 47.4. The lowest BCUT2D eigenvalue weighted by Gasteiger charge is -2.41. The predicted molar refractivity (Wildman–Crippen MR) is 416 cm³/mol. The number of nitriles is 2. The Bertz CT molecular complexity index is 4540. The fraction of sp³-hybridized carbons (Fsp3) is 0.262. The lowest BCUT2D eigenvalue weighted by molar-refractivity contribution is 0.252. The highest BCUT2D eigenvalue weighted by molar-refractivity contribution is 7.26. The lowest BCUT2D eigenvalue weighted by Crippen LogP contribution is -2.38. The number of thiophene rings is 2. The molecule has 4 unspecified atom stereocenters. The highest BCUT2D eigenvalue weighted by Crippen LogP contribution is 2.57. The minimum atomic E-state index is 0.0695. The van der Waals surface area contributed by atoms with E-state index in [0.29, 0.717) is 11.6 Å². The topological polar surface area (TPSA) is 80.0 Å². The van der Waals surface area contributed by atoms with Crippen LogP contribution in [0.25, 0.3) is 36.2 Å². The molecule has 0 N–H and O–H groups in total. The fourth-order valence-electron chi connectivity index (χ4n) is 14.2. The van der Waals surface area contributed by atoms with Crippen LogP contribution in [0.5, 0.6) is 0 Å². The smallest absolute Gasteiger partial charge is 0.138 e. The Morgan fingerprint density at radius 1 is 0.378 bits per heavy atom. The van der Waals surface area contributed by atoms with E-state index in [1.54, 1.807) is 22.7 Å². The first kappa shape index (κ1) is 66.4. The van der Waals surface area contributed by atoms with Crippen molar-refractivity contribution in [2.45, 2.75) is 62.7 Å². The zero-order valence-corrected chi connectivity index (χ0v) is 60.2. The fourth-order valence-corrected chi connectivity index (χ4v) is 16.7. The van der Waals surface area contributed by atoms with Crippen LogP contribution in [0, 0.1) is 22.7 Å². The summed E-state index contributed by atoms with van der Waals surface area (Å²) in [7, 11) is 25.3. The number of likely N-dealkylation sites (N-methyl/N-ethyl adjacent to an activating group) is 2. The van der Waals surface area contributed by atoms with Gasteiger partial charge in [-0.2, -0.15) is 10.5 Å². The molecule has 2 heterocycles. The molecule has 0 aliphatic heterocycles. The molecule has 4 atom stereocenters. The van der Waals surface area contributed by atoms with Crippen LogP contribution >= 0.6 is 22.7 Å². The number of anilines is 10. The second-order valence-electron chi connectivity index (χ2n) is 27.2. The number of allylic oxidation sites excluding steroid dienone is 5. The minimum Gasteiger partial charge on any atom is -0.378 e. The standard InChI is InChI=1S/C84H88N12S2/c1-87(2)60-21-33-68(34-22-60)93(74-45-49-76(50-46-74)95(70-37-25-62(26-38-70)89(5)6)71-39-27-63(28-40-71)90(7)8)66-17-13-57(14-18-66)80-53-78-82(59(55-85)56-86)79-54-81(98-84(79)83(78)97-80)58-15-19-67(20-16-58)94(69-35-23-61(24-36-69)88(3)4)75-47-51-77(52-48-75)96(72-41-29-64(30-42-72)91(9)10)73-43-31-65(32-44-73)92(11)12/h13-30,33-39,41,43,45-47,49-54,65,71-72,75H,31-32,40,42,44,48H2,1-12H3. The monoisotopic (exact) mass is 1330 g/mol. The van der Waals surface area contributed by atoms with Crippen molar-refractivity contribution in [1.29, 1.82) is 10.5 Å². The Balaban J connectivity index is 0.787. The largest absolute Gasteiger partial charge is 0.378 e. The van der Waals surface area contributed by atoms with Gasteiger partial charge in [0.1, 0.15) is 17.7 Å². The van der Waals surface area contributed by atoms with Crippen molar-refractivity contribution in [2.75, 3.05) is 114 Å². The molecule has 496 valence electrons. The van der Waals surface area contributed by atoms with E-state index in [1.165, 1.54) is 22.8 Å². The van der Waals surface area contributed by atoms with E-state index in [0.717, 1.165) is 137 Å². The van der Waals surface area contributed by atoms with Gasteiger partial charge in [-0.1, -0.05) is 66.8 Å². The van der Waals surface area contributed by atoms with Crippen LogP contribution in [-0.4, -0.2) is 128 Å². The number of hydrogen-bond donors (Lipinski definition) is 0. The molecule has 5 aliphatic rings. The number of benzene rings is 6. The molecule has 0 amide bonds. The second-order valence-corrected chi connectivity index (χ2v) is 29.3. The third kappa shape index (κ3) is 13.5. The van der Waals surface area contributed by atoms with Crippen LogP contribution in [0.4, 0.5) is 56.9 Å². The van der Waals surface area contributed by atoms with Crippen molar-refractivity contribution < 1.29 is 0 Å². The van der Waals surface area contributed by atoms with Gasteiger partial charge in [0, 0.05) is 183 Å². The van der Waals surface area contributed by atoms with E-state index >= 15 is 0 Å². The molecule has 0 bridgehead atoms. The van der Waals surface area contributed by atoms with Crippen LogP contribution in [0.1, 0.15) is 49.7 Å². The van der Waals surface area contributed by atoms with Crippen LogP contribution in [0.3, 0.4) is 0 Å². The van der Waals surface area contributed by atoms with Crippen molar-refractivity contribution in [3.63, 3.8) is 0 Å². The van der Waals surface area contributed by atoms with Gasteiger partial charge in [-0.05, 0) is 215 Å². The molecule has 5 aliphatic carbocycles. The Morgan fingerprint density at radius 2 is 0.714 bits per heavy atom. The quantitative estimate of drug-likeness (QED) is 0.0682. The zero-order valence-electron chi connectivity index (χ0n) is 58.5. The van der Waals surface area contributed by atoms with E-state index in [-0.39, 0.29) is 23.7 Å². The zero-order chi connectivity index (χ0) is 68.5. The molecule has 2 aromatic heterocycles. The summed E-state index contributed by atoms with van der Waals surface area (Å²) in [6.45, 7) is 0. The van der Waals surface area contributed by atoms with E-state index in [4.69, 9.17) is 0 Å². The molecule has 0 fully saturated rings. The summed E-state index contributed by atoms with van der Waals surface area (Å²) >= 11 is 3.46. The average molecular weight is 1330 g/mol. The summed E-state index contributed by atoms with van der Waals surface area (Å²) in [5, 5.41) is 21.1. The minimum absolute atomic E-state index is 0.0695. The molecule has 14 heteroatoms. The van der Waals surface area contributed by atoms with E-state index in [2.05, 4.69) is 364 Å². The summed E-state index contributed by atoms with van der Waals surface area (Å²) in [6.07, 6.45) is 29.6. The number of rotatable bonds is 20. The van der Waals surface area contributed by atoms with Crippen molar-refractivity contribution in [2.24, 2.45) is 0 Å². The van der Waals surface area contributed by atoms with Gasteiger partial charge in [-0.3, -0.25) is 0 Å². The summed E-state index contributed by atoms with van der Waals surface area (Å²) in [5.74, 6) is 0. The van der Waals surface area contributed by atoms with Crippen molar-refractivity contribution in [3.05, 3.63) is 258 Å². The predicted octanol–water partition coefficient (Wildman–Crippen LogP) is 19.0. The molecule has 8 aromatic rings. The summed E-state index contributed by atoms with van der Waals surface area (Å²) in [6, 6.07) is 63.2. The number of hydrogen-bond acceptors (Lipinski definition) is 14. The molecule has 12 nitrogen and oxygen atoms in total. The average Bonchev–Trinajstić information content (AvgIpc) is 1.58. The van der Waals surface area contributed by atoms with Crippen LogP contribution < -0.4 is 29.4 Å². The molecule has 0 saturated carbocycles. The van der Waals surface area contributed by atoms with Crippen molar-refractivity contribution >= 4 is 85.1 Å². The van der Waals surface area contributed by atoms with Crippen molar-refractivity contribution in [1.82, 2.24) is 19.6 Å². The third-order valence-electron chi connectivity index (χ3n) is 19.7. The summed E-state index contributed by atoms with van der Waals surface area (Å²) in [5.41, 5.74) is 21.0. The van der Waals surface area contributed by atoms with E-state index < -0.39 is 0 Å². The molecule has 0 saturated heterocycles. The molecule has 13 rings (SSSR count). The summed E-state index contributed by atoms with van der Waals surface area (Å²) < 4.78 is 0. The van der Waals surface area contributed by atoms with Crippen LogP contribution in [0.15, 0.2) is 247 Å². The van der Waals surface area contributed by atoms with Gasteiger partial charge < -0.3 is 49.0 Å². The molecular weight excluding hydrogens is 1240 g/mol. The molecule has 98 heavy (non-hydrogen) atoms. The van der Waals surface area contributed by atoms with E-state index in [1.807, 2.05) is 0 Å². The van der Waals surface area contributed by atoms with Gasteiger partial charge in [0.2, 0.25) is 0 Å². The van der Waals surface area contributed by atoms with Gasteiger partial charge in [0.05, 0.1) is 27.9 Å². The van der Waals surface area contributed by atoms with E-state index in [9.17, 15) is 10.5 Å². The van der Waals surface area contributed by atoms with Gasteiger partial charge in [0.15, 0.2) is 0 Å². The van der Waals surface area contributed by atoms with Crippen LogP contribution in [-0.2, 0) is 0 Å². The Labute approximate surface area is 589 Å². The summed E-state index contributed by atoms with van der Waals surface area (Å²) in [4.78, 5) is 27.3. The van der Waals surface area contributed by atoms with Gasteiger partial charge in [0.25, 0.3) is 0 Å². The Morgan fingerprint density at radius 3 is 1.03 bits per heavy atom. The van der Waals surface area contributed by atoms with Gasteiger partial charge in [-0.15, -0.1) is 22.7 Å². The Kier molecular flexibility index (Phi) is 19.3. The number of fused-ring (bicyclic) bond motifs is 3. The normalized spacial score (nSPS) is 17.5. The van der Waals surface area contributed by atoms with Crippen molar-refractivity contribution in [3.8, 4) is 42.8 Å². The molecular formula is C84H88N12S2. The molecule has 0 radical (unpaired) electrons. The molecule has 6 aromatic carbocycles. The maximum Gasteiger partial charge on any atom is 0.138 e. The highest BCUT2D eigenvalue weighted by Gasteiger charge is 2.34. The number of nitrogens with zero attached hydrogens (tertiary/aromatic N) is 12. The SMILES string of the molecule is CN(C)C1=CCC(N(C2=CCC(N(c3ccc(-c4cc5c(s4)-c4sc(-c6ccc(N(c7ccc(N(C)C)cc7)c7ccc(N(c8ccc(N(C)C)cc8)C8C=CC(N(C)C)=CC8)cc7)cc6)cc4C5=C(C#N)C#N)cc3)c3ccc(N(C)C)cc3)C=C2)C2=CCC(N(C)C)CC2)C=C1. The van der Waals surface area contributed by atoms with Gasteiger partial charge >= 0.3 is 0 Å². The Hall–Kier alpha value is -10.2.